The quantitative estimate of drug-likeness (QED) is 0.830. The number of hydrogen-bond acceptors (Lipinski definition) is 3. The Bertz CT molecular complexity index is 521. The van der Waals surface area contributed by atoms with Crippen LogP contribution in [0.15, 0.2) is 18.2 Å². The van der Waals surface area contributed by atoms with Gasteiger partial charge >= 0.3 is 0 Å². The lowest BCUT2D eigenvalue weighted by Crippen LogP contribution is -2.32. The first-order chi connectivity index (χ1) is 8.99. The molecule has 2 atom stereocenters. The van der Waals surface area contributed by atoms with E-state index >= 15 is 0 Å². The summed E-state index contributed by atoms with van der Waals surface area (Å²) in [6.45, 7) is 2.53. The van der Waals surface area contributed by atoms with E-state index in [1.54, 1.807) is 0 Å². The highest BCUT2D eigenvalue weighted by Crippen LogP contribution is 2.23. The van der Waals surface area contributed by atoms with Gasteiger partial charge in [0.1, 0.15) is 16.9 Å². The lowest BCUT2D eigenvalue weighted by Gasteiger charge is -2.16. The Morgan fingerprint density at radius 2 is 2.32 bits per heavy atom. The number of nitrogens with two attached hydrogens (primary N) is 1. The summed E-state index contributed by atoms with van der Waals surface area (Å²) in [5.74, 6) is -0.547. The summed E-state index contributed by atoms with van der Waals surface area (Å²) in [7, 11) is 0. The highest BCUT2D eigenvalue weighted by molar-refractivity contribution is 7.80. The molecule has 1 aliphatic rings. The van der Waals surface area contributed by atoms with E-state index in [1.165, 1.54) is 18.2 Å². The minimum absolute atomic E-state index is 0.0372. The largest absolute Gasteiger partial charge is 0.389 e. The van der Waals surface area contributed by atoms with Crippen LogP contribution in [-0.4, -0.2) is 23.6 Å². The third kappa shape index (κ3) is 3.08. The molecule has 6 heteroatoms. The van der Waals surface area contributed by atoms with Gasteiger partial charge in [0, 0.05) is 12.2 Å². The van der Waals surface area contributed by atoms with Crippen molar-refractivity contribution in [2.24, 2.45) is 11.7 Å². The van der Waals surface area contributed by atoms with Crippen molar-refractivity contribution in [1.82, 2.24) is 0 Å². The first-order valence-electron chi connectivity index (χ1n) is 6.01. The minimum Gasteiger partial charge on any atom is -0.389 e. The molecule has 2 unspecified atom stereocenters. The molecule has 0 aliphatic carbocycles. The summed E-state index contributed by atoms with van der Waals surface area (Å²) in [4.78, 5) is 12.1. The summed E-state index contributed by atoms with van der Waals surface area (Å²) in [6, 6.07) is 3.90. The van der Waals surface area contributed by atoms with Gasteiger partial charge in [-0.3, -0.25) is 4.79 Å². The number of anilines is 1. The van der Waals surface area contributed by atoms with Crippen LogP contribution in [0.1, 0.15) is 18.9 Å². The number of halogens is 1. The third-order valence-electron chi connectivity index (χ3n) is 3.15. The van der Waals surface area contributed by atoms with Crippen molar-refractivity contribution >= 4 is 28.8 Å². The Kier molecular flexibility index (Phi) is 4.11. The highest BCUT2D eigenvalue weighted by atomic mass is 32.1. The summed E-state index contributed by atoms with van der Waals surface area (Å²) >= 11 is 4.85. The van der Waals surface area contributed by atoms with E-state index in [2.05, 4.69) is 5.32 Å². The van der Waals surface area contributed by atoms with Gasteiger partial charge in [-0.25, -0.2) is 4.39 Å². The zero-order valence-corrected chi connectivity index (χ0v) is 11.3. The van der Waals surface area contributed by atoms with Crippen LogP contribution in [0.3, 0.4) is 0 Å². The molecule has 19 heavy (non-hydrogen) atoms. The lowest BCUT2D eigenvalue weighted by molar-refractivity contribution is -0.126. The molecule has 4 nitrogen and oxygen atoms in total. The highest BCUT2D eigenvalue weighted by Gasteiger charge is 2.31. The van der Waals surface area contributed by atoms with Gasteiger partial charge in [-0.1, -0.05) is 19.1 Å². The smallest absolute Gasteiger partial charge is 0.253 e. The van der Waals surface area contributed by atoms with Crippen molar-refractivity contribution in [3.63, 3.8) is 0 Å². The average molecular weight is 282 g/mol. The van der Waals surface area contributed by atoms with Crippen molar-refractivity contribution in [3.05, 3.63) is 29.6 Å². The van der Waals surface area contributed by atoms with Crippen LogP contribution in [0.4, 0.5) is 10.1 Å². The maximum atomic E-state index is 13.2. The summed E-state index contributed by atoms with van der Waals surface area (Å²) < 4.78 is 18.5. The summed E-state index contributed by atoms with van der Waals surface area (Å²) in [5.41, 5.74) is 6.24. The second-order valence-corrected chi connectivity index (χ2v) is 5.04. The van der Waals surface area contributed by atoms with Gasteiger partial charge in [0.15, 0.2) is 0 Å². The van der Waals surface area contributed by atoms with Crippen LogP contribution in [0, 0.1) is 11.7 Å². The Morgan fingerprint density at radius 1 is 1.58 bits per heavy atom. The number of thiocarbonyl (C=S) groups is 1. The summed E-state index contributed by atoms with van der Waals surface area (Å²) in [5, 5.41) is 2.69. The minimum atomic E-state index is -0.482. The van der Waals surface area contributed by atoms with Crippen LogP contribution in [0.25, 0.3) is 0 Å². The second-order valence-electron chi connectivity index (χ2n) is 4.60. The van der Waals surface area contributed by atoms with Crippen LogP contribution >= 0.6 is 12.2 Å². The molecule has 0 bridgehead atoms. The van der Waals surface area contributed by atoms with Crippen LogP contribution in [-0.2, 0) is 9.53 Å². The molecule has 1 fully saturated rings. The zero-order chi connectivity index (χ0) is 14.0. The topological polar surface area (TPSA) is 64.3 Å². The van der Waals surface area contributed by atoms with E-state index in [9.17, 15) is 9.18 Å². The van der Waals surface area contributed by atoms with Gasteiger partial charge < -0.3 is 15.8 Å². The summed E-state index contributed by atoms with van der Waals surface area (Å²) in [6.07, 6.45) is 0.369. The molecular formula is C13H15FN2O2S. The molecule has 1 aliphatic heterocycles. The number of ether oxygens (including phenoxy) is 1. The molecule has 3 N–H and O–H groups in total. The van der Waals surface area contributed by atoms with Gasteiger partial charge in [-0.15, -0.1) is 0 Å². The molecular weight excluding hydrogens is 267 g/mol. The predicted octanol–water partition coefficient (Wildman–Crippen LogP) is 1.82. The molecule has 2 rings (SSSR count). The number of hydrogen-bond donors (Lipinski definition) is 2. The number of nitrogens with one attached hydrogen (secondary N) is 1. The second kappa shape index (κ2) is 5.63. The van der Waals surface area contributed by atoms with Gasteiger partial charge in [0.05, 0.1) is 5.69 Å². The monoisotopic (exact) mass is 282 g/mol. The maximum Gasteiger partial charge on any atom is 0.253 e. The molecule has 1 amide bonds. The van der Waals surface area contributed by atoms with E-state index in [1.807, 2.05) is 6.92 Å². The van der Waals surface area contributed by atoms with E-state index < -0.39 is 11.9 Å². The van der Waals surface area contributed by atoms with Gasteiger partial charge in [-0.05, 0) is 30.5 Å². The van der Waals surface area contributed by atoms with E-state index in [-0.39, 0.29) is 16.8 Å². The van der Waals surface area contributed by atoms with Crippen LogP contribution in [0.5, 0.6) is 0 Å². The number of amides is 1. The first kappa shape index (κ1) is 13.9. The molecule has 0 saturated carbocycles. The Hall–Kier alpha value is -1.53. The van der Waals surface area contributed by atoms with E-state index in [4.69, 9.17) is 22.7 Å². The van der Waals surface area contributed by atoms with Crippen molar-refractivity contribution in [2.45, 2.75) is 19.4 Å². The van der Waals surface area contributed by atoms with Crippen molar-refractivity contribution in [1.29, 1.82) is 0 Å². The van der Waals surface area contributed by atoms with E-state index in [0.29, 0.717) is 17.9 Å². The molecule has 0 aromatic heterocycles. The fraction of sp³-hybridized carbons (Fsp3) is 0.385. The Balaban J connectivity index is 2.19. The standard InChI is InChI=1S/C13H15FN2O2S/c1-7-4-5-18-11(7)13(17)16-10-3-2-8(14)6-9(10)12(15)19/h2-3,6-7,11H,4-5H2,1H3,(H2,15,19)(H,16,17). The molecule has 1 saturated heterocycles. The lowest BCUT2D eigenvalue weighted by atomic mass is 10.0. The van der Waals surface area contributed by atoms with Gasteiger partial charge in [0.2, 0.25) is 0 Å². The Morgan fingerprint density at radius 3 is 2.89 bits per heavy atom. The number of carbonyl (C=O) groups excluding carboxylic acids is 1. The van der Waals surface area contributed by atoms with Gasteiger partial charge in [0.25, 0.3) is 5.91 Å². The predicted molar refractivity (Wildman–Crippen MR) is 74.4 cm³/mol. The zero-order valence-electron chi connectivity index (χ0n) is 10.5. The van der Waals surface area contributed by atoms with Gasteiger partial charge in [-0.2, -0.15) is 0 Å². The number of benzene rings is 1. The fourth-order valence-electron chi connectivity index (χ4n) is 2.06. The molecule has 0 spiro atoms. The van der Waals surface area contributed by atoms with E-state index in [0.717, 1.165) is 6.42 Å². The SMILES string of the molecule is CC1CCOC1C(=O)Nc1ccc(F)cc1C(N)=S. The maximum absolute atomic E-state index is 13.2. The number of rotatable bonds is 3. The Labute approximate surface area is 116 Å². The molecule has 1 aromatic rings. The van der Waals surface area contributed by atoms with Crippen molar-refractivity contribution in [3.8, 4) is 0 Å². The first-order valence-corrected chi connectivity index (χ1v) is 6.41. The van der Waals surface area contributed by atoms with Crippen LogP contribution < -0.4 is 11.1 Å². The third-order valence-corrected chi connectivity index (χ3v) is 3.37. The van der Waals surface area contributed by atoms with Crippen LogP contribution in [0.2, 0.25) is 0 Å². The number of carbonyl (C=O) groups is 1. The normalized spacial score (nSPS) is 22.2. The van der Waals surface area contributed by atoms with Crippen molar-refractivity contribution < 1.29 is 13.9 Å². The molecule has 0 radical (unpaired) electrons. The fourth-order valence-corrected chi connectivity index (χ4v) is 2.23. The molecule has 1 aromatic carbocycles. The molecule has 1 heterocycles. The average Bonchev–Trinajstić information content (AvgIpc) is 2.77. The molecule has 102 valence electrons. The van der Waals surface area contributed by atoms with Crippen molar-refractivity contribution in [2.75, 3.05) is 11.9 Å².